The summed E-state index contributed by atoms with van der Waals surface area (Å²) in [7, 11) is 0. The van der Waals surface area contributed by atoms with Crippen molar-refractivity contribution in [3.8, 4) is 0 Å². The first kappa shape index (κ1) is 10.5. The number of aromatic nitrogens is 5. The number of para-hydroxylation sites is 1. The minimum Gasteiger partial charge on any atom is -0.276 e. The minimum atomic E-state index is 0.538. The van der Waals surface area contributed by atoms with Crippen LogP contribution in [0.5, 0.6) is 0 Å². The first-order chi connectivity index (χ1) is 7.88. The normalized spacial score (nSPS) is 9.56. The van der Waals surface area contributed by atoms with E-state index in [1.807, 2.05) is 24.3 Å². The second-order valence-corrected chi connectivity index (χ2v) is 3.23. The van der Waals surface area contributed by atoms with Crippen LogP contribution in [0.2, 0.25) is 5.15 Å². The van der Waals surface area contributed by atoms with E-state index in [9.17, 15) is 0 Å². The standard InChI is InChI=1S/C7H5ClN2.C3H3N3/c8-7-5-3-1-2-4-6(5)9-10-7;1-2-4-6-5-3-1/h1-4H,(H,9,10);1-3H. The second kappa shape index (κ2) is 5.18. The largest absolute Gasteiger partial charge is 0.276 e. The number of benzene rings is 1. The molecular weight excluding hydrogens is 226 g/mol. The molecule has 0 atom stereocenters. The highest BCUT2D eigenvalue weighted by molar-refractivity contribution is 6.34. The number of aromatic amines is 1. The van der Waals surface area contributed by atoms with E-state index in [1.54, 1.807) is 18.5 Å². The number of nitrogens with zero attached hydrogens (tertiary/aromatic N) is 4. The number of rotatable bonds is 0. The highest BCUT2D eigenvalue weighted by Gasteiger charge is 1.98. The number of nitrogens with one attached hydrogen (secondary N) is 1. The van der Waals surface area contributed by atoms with Crippen LogP contribution in [0.4, 0.5) is 0 Å². The smallest absolute Gasteiger partial charge is 0.158 e. The number of hydrogen-bond acceptors (Lipinski definition) is 4. The molecule has 0 aliphatic heterocycles. The van der Waals surface area contributed by atoms with Crippen molar-refractivity contribution in [1.82, 2.24) is 25.6 Å². The lowest BCUT2D eigenvalue weighted by atomic mass is 10.3. The molecule has 0 spiro atoms. The van der Waals surface area contributed by atoms with E-state index in [4.69, 9.17) is 11.6 Å². The Bertz CT molecular complexity index is 524. The Morgan fingerprint density at radius 1 is 1.00 bits per heavy atom. The predicted molar refractivity (Wildman–Crippen MR) is 60.9 cm³/mol. The summed E-state index contributed by atoms with van der Waals surface area (Å²) in [6.45, 7) is 0. The van der Waals surface area contributed by atoms with Gasteiger partial charge in [-0.25, -0.2) is 0 Å². The Labute approximate surface area is 96.5 Å². The van der Waals surface area contributed by atoms with Gasteiger partial charge in [0.1, 0.15) is 0 Å². The van der Waals surface area contributed by atoms with Gasteiger partial charge in [-0.15, -0.1) is 10.2 Å². The fourth-order valence-corrected chi connectivity index (χ4v) is 1.34. The SMILES string of the molecule is Clc1n[nH]c2ccccc12.c1cnnnc1. The highest BCUT2D eigenvalue weighted by Crippen LogP contribution is 2.18. The van der Waals surface area contributed by atoms with Crippen LogP contribution in [0.25, 0.3) is 10.9 Å². The molecule has 6 heteroatoms. The summed E-state index contributed by atoms with van der Waals surface area (Å²) in [6.07, 6.45) is 3.15. The second-order valence-electron chi connectivity index (χ2n) is 2.87. The van der Waals surface area contributed by atoms with Crippen LogP contribution in [0, 0.1) is 0 Å². The van der Waals surface area contributed by atoms with Crippen molar-refractivity contribution in [1.29, 1.82) is 0 Å². The summed E-state index contributed by atoms with van der Waals surface area (Å²) in [5, 5.41) is 18.3. The molecule has 0 bridgehead atoms. The van der Waals surface area contributed by atoms with Crippen LogP contribution >= 0.6 is 11.6 Å². The Morgan fingerprint density at radius 2 is 1.75 bits per heavy atom. The summed E-state index contributed by atoms with van der Waals surface area (Å²) in [4.78, 5) is 0. The zero-order valence-electron chi connectivity index (χ0n) is 8.21. The predicted octanol–water partition coefficient (Wildman–Crippen LogP) is 2.09. The van der Waals surface area contributed by atoms with Gasteiger partial charge >= 0.3 is 0 Å². The Hall–Kier alpha value is -2.01. The van der Waals surface area contributed by atoms with E-state index in [0.29, 0.717) is 5.15 Å². The summed E-state index contributed by atoms with van der Waals surface area (Å²) < 4.78 is 0. The Kier molecular flexibility index (Phi) is 3.40. The van der Waals surface area contributed by atoms with Gasteiger partial charge in [-0.05, 0) is 23.4 Å². The Morgan fingerprint density at radius 3 is 2.31 bits per heavy atom. The van der Waals surface area contributed by atoms with E-state index in [0.717, 1.165) is 10.9 Å². The van der Waals surface area contributed by atoms with Crippen LogP contribution in [0.1, 0.15) is 0 Å². The van der Waals surface area contributed by atoms with Crippen molar-refractivity contribution >= 4 is 22.5 Å². The lowest BCUT2D eigenvalue weighted by Crippen LogP contribution is -1.78. The lowest BCUT2D eigenvalue weighted by Gasteiger charge is -1.83. The van der Waals surface area contributed by atoms with Crippen molar-refractivity contribution in [3.05, 3.63) is 47.9 Å². The topological polar surface area (TPSA) is 67.3 Å². The van der Waals surface area contributed by atoms with E-state index >= 15 is 0 Å². The first-order valence-corrected chi connectivity index (χ1v) is 4.92. The summed E-state index contributed by atoms with van der Waals surface area (Å²) in [5.41, 5.74) is 0.979. The molecule has 2 heterocycles. The fraction of sp³-hybridized carbons (Fsp3) is 0. The van der Waals surface area contributed by atoms with Crippen molar-refractivity contribution in [2.45, 2.75) is 0 Å². The number of fused-ring (bicyclic) bond motifs is 1. The van der Waals surface area contributed by atoms with Gasteiger partial charge in [0, 0.05) is 5.39 Å². The van der Waals surface area contributed by atoms with Crippen LogP contribution in [0.15, 0.2) is 42.7 Å². The summed E-state index contributed by atoms with van der Waals surface area (Å²) >= 11 is 5.73. The summed E-state index contributed by atoms with van der Waals surface area (Å²) in [6, 6.07) is 9.46. The van der Waals surface area contributed by atoms with Crippen molar-refractivity contribution in [2.75, 3.05) is 0 Å². The Balaban J connectivity index is 0.000000138. The van der Waals surface area contributed by atoms with Gasteiger partial charge in [0.15, 0.2) is 5.15 Å². The first-order valence-electron chi connectivity index (χ1n) is 4.55. The maximum Gasteiger partial charge on any atom is 0.158 e. The average molecular weight is 234 g/mol. The molecule has 80 valence electrons. The molecule has 0 saturated heterocycles. The molecule has 0 aliphatic carbocycles. The lowest BCUT2D eigenvalue weighted by molar-refractivity contribution is 0.865. The molecule has 2 aromatic heterocycles. The van der Waals surface area contributed by atoms with Gasteiger partial charge in [0.25, 0.3) is 0 Å². The number of H-pyrrole nitrogens is 1. The van der Waals surface area contributed by atoms with Crippen LogP contribution in [-0.2, 0) is 0 Å². The highest BCUT2D eigenvalue weighted by atomic mass is 35.5. The molecule has 0 unspecified atom stereocenters. The molecule has 0 aliphatic rings. The molecule has 5 nitrogen and oxygen atoms in total. The quantitative estimate of drug-likeness (QED) is 0.646. The molecule has 0 fully saturated rings. The number of hydrogen-bond donors (Lipinski definition) is 1. The molecule has 1 N–H and O–H groups in total. The maximum absolute atomic E-state index is 5.73. The van der Waals surface area contributed by atoms with Gasteiger partial charge < -0.3 is 0 Å². The van der Waals surface area contributed by atoms with Gasteiger partial charge in [0.05, 0.1) is 17.9 Å². The van der Waals surface area contributed by atoms with Crippen LogP contribution in [-0.4, -0.2) is 25.6 Å². The third kappa shape index (κ3) is 2.52. The van der Waals surface area contributed by atoms with Crippen molar-refractivity contribution in [3.63, 3.8) is 0 Å². The molecule has 0 radical (unpaired) electrons. The zero-order chi connectivity index (χ0) is 11.2. The third-order valence-corrected chi connectivity index (χ3v) is 2.12. The van der Waals surface area contributed by atoms with Crippen LogP contribution < -0.4 is 0 Å². The van der Waals surface area contributed by atoms with Gasteiger partial charge in [-0.1, -0.05) is 23.7 Å². The van der Waals surface area contributed by atoms with Crippen molar-refractivity contribution in [2.24, 2.45) is 0 Å². The minimum absolute atomic E-state index is 0.538. The van der Waals surface area contributed by atoms with E-state index in [2.05, 4.69) is 25.6 Å². The van der Waals surface area contributed by atoms with Crippen LogP contribution in [0.3, 0.4) is 0 Å². The molecule has 0 saturated carbocycles. The zero-order valence-corrected chi connectivity index (χ0v) is 8.96. The monoisotopic (exact) mass is 233 g/mol. The fourth-order valence-electron chi connectivity index (χ4n) is 1.13. The molecule has 3 rings (SSSR count). The van der Waals surface area contributed by atoms with E-state index in [-0.39, 0.29) is 0 Å². The molecule has 0 amide bonds. The van der Waals surface area contributed by atoms with Gasteiger partial charge in [0.2, 0.25) is 0 Å². The van der Waals surface area contributed by atoms with Gasteiger partial charge in [-0.2, -0.15) is 5.10 Å². The van der Waals surface area contributed by atoms with E-state index in [1.165, 1.54) is 0 Å². The molecule has 1 aromatic carbocycles. The number of halogens is 1. The summed E-state index contributed by atoms with van der Waals surface area (Å²) in [5.74, 6) is 0. The molecule has 16 heavy (non-hydrogen) atoms. The third-order valence-electron chi connectivity index (χ3n) is 1.83. The van der Waals surface area contributed by atoms with E-state index < -0.39 is 0 Å². The molecule has 3 aromatic rings. The maximum atomic E-state index is 5.73. The van der Waals surface area contributed by atoms with Gasteiger partial charge in [-0.3, -0.25) is 5.10 Å². The van der Waals surface area contributed by atoms with Crippen molar-refractivity contribution < 1.29 is 0 Å². The molecular formula is C10H8ClN5. The average Bonchev–Trinajstić information content (AvgIpc) is 2.75.